The van der Waals surface area contributed by atoms with E-state index >= 15 is 0 Å². The highest BCUT2D eigenvalue weighted by atomic mass is 32.2. The molecule has 0 aliphatic heterocycles. The van der Waals surface area contributed by atoms with Gasteiger partial charge in [0.15, 0.2) is 0 Å². The smallest absolute Gasteiger partial charge is 0.148 e. The van der Waals surface area contributed by atoms with Gasteiger partial charge in [-0.25, -0.2) is 8.42 Å². The van der Waals surface area contributed by atoms with Crippen molar-refractivity contribution in [1.29, 1.82) is 0 Å². The Morgan fingerprint density at radius 1 is 1.32 bits per heavy atom. The maximum absolute atomic E-state index is 11.1. The van der Waals surface area contributed by atoms with Crippen molar-refractivity contribution in [3.8, 4) is 0 Å². The van der Waals surface area contributed by atoms with Gasteiger partial charge in [0.2, 0.25) is 0 Å². The quantitative estimate of drug-likeness (QED) is 0.787. The van der Waals surface area contributed by atoms with Gasteiger partial charge in [0.1, 0.15) is 9.84 Å². The zero-order valence-electron chi connectivity index (χ0n) is 12.1. The van der Waals surface area contributed by atoms with Crippen molar-refractivity contribution < 1.29 is 8.42 Å². The Kier molecular flexibility index (Phi) is 6.36. The molecule has 19 heavy (non-hydrogen) atoms. The van der Waals surface area contributed by atoms with Crippen LogP contribution in [0.5, 0.6) is 0 Å². The molecule has 0 heterocycles. The predicted molar refractivity (Wildman–Crippen MR) is 83.6 cm³/mol. The normalized spacial score (nSPS) is 12.1. The lowest BCUT2D eigenvalue weighted by Crippen LogP contribution is -2.21. The first kappa shape index (κ1) is 16.5. The van der Waals surface area contributed by atoms with Crippen LogP contribution in [-0.4, -0.2) is 32.2 Å². The van der Waals surface area contributed by atoms with E-state index < -0.39 is 9.84 Å². The summed E-state index contributed by atoms with van der Waals surface area (Å²) in [6.07, 6.45) is 1.28. The van der Waals surface area contributed by atoms with Crippen LogP contribution in [0.4, 0.5) is 0 Å². The van der Waals surface area contributed by atoms with Crippen molar-refractivity contribution in [1.82, 2.24) is 5.32 Å². The molecule has 0 bridgehead atoms. The SMILES string of the molecule is Cc1cc(CNC(C)C)ccc1SCCS(C)(=O)=O. The van der Waals surface area contributed by atoms with Gasteiger partial charge < -0.3 is 5.32 Å². The molecule has 5 heteroatoms. The second-order valence-corrected chi connectivity index (χ2v) is 8.51. The lowest BCUT2D eigenvalue weighted by Gasteiger charge is -2.11. The molecule has 0 aromatic heterocycles. The van der Waals surface area contributed by atoms with Crippen LogP contribution in [0, 0.1) is 6.92 Å². The van der Waals surface area contributed by atoms with Crippen molar-refractivity contribution in [2.45, 2.75) is 38.3 Å². The summed E-state index contributed by atoms with van der Waals surface area (Å²) >= 11 is 1.61. The molecule has 1 rings (SSSR count). The van der Waals surface area contributed by atoms with E-state index in [-0.39, 0.29) is 5.75 Å². The van der Waals surface area contributed by atoms with Crippen LogP contribution in [0.3, 0.4) is 0 Å². The largest absolute Gasteiger partial charge is 0.310 e. The van der Waals surface area contributed by atoms with E-state index in [1.165, 1.54) is 17.4 Å². The topological polar surface area (TPSA) is 46.2 Å². The first-order valence-corrected chi connectivity index (χ1v) is 9.46. The highest BCUT2D eigenvalue weighted by Crippen LogP contribution is 2.23. The van der Waals surface area contributed by atoms with E-state index in [4.69, 9.17) is 0 Å². The van der Waals surface area contributed by atoms with Gasteiger partial charge in [-0.05, 0) is 24.1 Å². The van der Waals surface area contributed by atoms with Crippen LogP contribution in [-0.2, 0) is 16.4 Å². The minimum atomic E-state index is -2.86. The van der Waals surface area contributed by atoms with Gasteiger partial charge in [-0.3, -0.25) is 0 Å². The van der Waals surface area contributed by atoms with Gasteiger partial charge in [0.25, 0.3) is 0 Å². The third-order valence-corrected chi connectivity index (χ3v) is 5.05. The van der Waals surface area contributed by atoms with Crippen molar-refractivity contribution >= 4 is 21.6 Å². The molecule has 0 saturated carbocycles. The summed E-state index contributed by atoms with van der Waals surface area (Å²) in [5, 5.41) is 3.39. The van der Waals surface area contributed by atoms with E-state index in [9.17, 15) is 8.42 Å². The Labute approximate surface area is 121 Å². The fraction of sp³-hybridized carbons (Fsp3) is 0.571. The predicted octanol–water partition coefficient (Wildman–Crippen LogP) is 2.63. The molecular weight excluding hydrogens is 278 g/mol. The van der Waals surface area contributed by atoms with Crippen LogP contribution >= 0.6 is 11.8 Å². The van der Waals surface area contributed by atoms with Gasteiger partial charge >= 0.3 is 0 Å². The minimum absolute atomic E-state index is 0.230. The molecule has 0 aliphatic rings. The Hall–Kier alpha value is -0.520. The number of benzene rings is 1. The standard InChI is InChI=1S/C14H23NO2S2/c1-11(2)15-10-13-5-6-14(12(3)9-13)18-7-8-19(4,16)17/h5-6,9,11,15H,7-8,10H2,1-4H3. The van der Waals surface area contributed by atoms with Gasteiger partial charge in [-0.1, -0.05) is 26.0 Å². The average molecular weight is 301 g/mol. The lowest BCUT2D eigenvalue weighted by molar-refractivity contribution is 0.588. The van der Waals surface area contributed by atoms with E-state index in [2.05, 4.69) is 44.3 Å². The molecule has 0 saturated heterocycles. The third kappa shape index (κ3) is 6.99. The Bertz CT molecular complexity index is 510. The number of sulfone groups is 1. The summed E-state index contributed by atoms with van der Waals surface area (Å²) in [7, 11) is -2.86. The molecule has 0 radical (unpaired) electrons. The van der Waals surface area contributed by atoms with Crippen molar-refractivity contribution in [3.05, 3.63) is 29.3 Å². The molecule has 1 aromatic carbocycles. The fourth-order valence-electron chi connectivity index (χ4n) is 1.61. The van der Waals surface area contributed by atoms with Crippen LogP contribution in [0.1, 0.15) is 25.0 Å². The summed E-state index contributed by atoms with van der Waals surface area (Å²) in [6.45, 7) is 7.19. The molecule has 0 spiro atoms. The first-order chi connectivity index (χ1) is 8.78. The maximum Gasteiger partial charge on any atom is 0.148 e. The van der Waals surface area contributed by atoms with Gasteiger partial charge in [0.05, 0.1) is 5.75 Å². The first-order valence-electron chi connectivity index (χ1n) is 6.41. The highest BCUT2D eigenvalue weighted by molar-refractivity contribution is 8.00. The highest BCUT2D eigenvalue weighted by Gasteiger charge is 2.05. The number of hydrogen-bond acceptors (Lipinski definition) is 4. The molecule has 0 atom stereocenters. The Balaban J connectivity index is 2.57. The maximum atomic E-state index is 11.1. The minimum Gasteiger partial charge on any atom is -0.310 e. The van der Waals surface area contributed by atoms with Crippen LogP contribution in [0.15, 0.2) is 23.1 Å². The number of hydrogen-bond donors (Lipinski definition) is 1. The van der Waals surface area contributed by atoms with Crippen LogP contribution < -0.4 is 5.32 Å². The van der Waals surface area contributed by atoms with Crippen molar-refractivity contribution in [2.24, 2.45) is 0 Å². The van der Waals surface area contributed by atoms with E-state index in [0.29, 0.717) is 11.8 Å². The Morgan fingerprint density at radius 2 is 2.00 bits per heavy atom. The Morgan fingerprint density at radius 3 is 2.53 bits per heavy atom. The van der Waals surface area contributed by atoms with Crippen LogP contribution in [0.2, 0.25) is 0 Å². The molecule has 1 N–H and O–H groups in total. The number of thioether (sulfide) groups is 1. The van der Waals surface area contributed by atoms with Gasteiger partial charge in [-0.2, -0.15) is 0 Å². The molecule has 108 valence electrons. The van der Waals surface area contributed by atoms with E-state index in [1.807, 2.05) is 0 Å². The van der Waals surface area contributed by atoms with E-state index in [0.717, 1.165) is 11.4 Å². The molecule has 3 nitrogen and oxygen atoms in total. The van der Waals surface area contributed by atoms with E-state index in [1.54, 1.807) is 11.8 Å². The summed E-state index contributed by atoms with van der Waals surface area (Å²) in [5.74, 6) is 0.844. The lowest BCUT2D eigenvalue weighted by atomic mass is 10.1. The van der Waals surface area contributed by atoms with Crippen molar-refractivity contribution in [3.63, 3.8) is 0 Å². The zero-order chi connectivity index (χ0) is 14.5. The summed E-state index contributed by atoms with van der Waals surface area (Å²) in [4.78, 5) is 1.16. The summed E-state index contributed by atoms with van der Waals surface area (Å²) in [5.41, 5.74) is 2.47. The van der Waals surface area contributed by atoms with Crippen LogP contribution in [0.25, 0.3) is 0 Å². The monoisotopic (exact) mass is 301 g/mol. The molecule has 1 aromatic rings. The van der Waals surface area contributed by atoms with Gasteiger partial charge in [-0.15, -0.1) is 11.8 Å². The number of aryl methyl sites for hydroxylation is 1. The summed E-state index contributed by atoms with van der Waals surface area (Å²) < 4.78 is 22.2. The molecule has 0 unspecified atom stereocenters. The number of rotatable bonds is 7. The molecule has 0 fully saturated rings. The second-order valence-electron chi connectivity index (χ2n) is 5.11. The fourth-order valence-corrected chi connectivity index (χ4v) is 3.82. The van der Waals surface area contributed by atoms with Crippen molar-refractivity contribution in [2.75, 3.05) is 17.8 Å². The molecular formula is C14H23NO2S2. The molecule has 0 amide bonds. The zero-order valence-corrected chi connectivity index (χ0v) is 13.7. The molecule has 0 aliphatic carbocycles. The average Bonchev–Trinajstić information content (AvgIpc) is 2.27. The third-order valence-electron chi connectivity index (χ3n) is 2.67. The number of nitrogens with one attached hydrogen (secondary N) is 1. The second kappa shape index (κ2) is 7.31. The summed E-state index contributed by atoms with van der Waals surface area (Å²) in [6, 6.07) is 6.83. The van der Waals surface area contributed by atoms with Gasteiger partial charge in [0, 0.05) is 29.5 Å².